The van der Waals surface area contributed by atoms with Gasteiger partial charge in [-0.05, 0) is 100 Å². The van der Waals surface area contributed by atoms with Crippen LogP contribution in [-0.4, -0.2) is 111 Å². The maximum absolute atomic E-state index is 15.0. The summed E-state index contributed by atoms with van der Waals surface area (Å²) in [6.45, 7) is 5.90. The Hall–Kier alpha value is -7.16. The van der Waals surface area contributed by atoms with Crippen molar-refractivity contribution in [1.29, 1.82) is 0 Å². The molecule has 20 heteroatoms. The Morgan fingerprint density at radius 3 is 2.33 bits per heavy atom. The summed E-state index contributed by atoms with van der Waals surface area (Å²) in [5, 5.41) is 19.9. The van der Waals surface area contributed by atoms with Crippen molar-refractivity contribution in [2.24, 2.45) is 7.05 Å². The number of ether oxygens (including phenoxy) is 4. The average Bonchev–Trinajstić information content (AvgIpc) is 3.93. The summed E-state index contributed by atoms with van der Waals surface area (Å²) in [7, 11) is 1.86. The average molecular weight is 991 g/mol. The fraction of sp³-hybridized carbons (Fsp3) is 0.442. The third-order valence-electron chi connectivity index (χ3n) is 12.4. The van der Waals surface area contributed by atoms with E-state index in [9.17, 15) is 28.4 Å². The van der Waals surface area contributed by atoms with E-state index in [-0.39, 0.29) is 43.0 Å². The van der Waals surface area contributed by atoms with Crippen LogP contribution >= 0.6 is 0 Å². The zero-order valence-electron chi connectivity index (χ0n) is 40.8. The van der Waals surface area contributed by atoms with Gasteiger partial charge >= 0.3 is 0 Å². The van der Waals surface area contributed by atoms with Crippen molar-refractivity contribution in [2.75, 3.05) is 56.9 Å². The van der Waals surface area contributed by atoms with E-state index in [1.165, 1.54) is 17.3 Å². The number of halogens is 1. The van der Waals surface area contributed by atoms with Gasteiger partial charge in [0.25, 0.3) is 11.8 Å². The van der Waals surface area contributed by atoms with Crippen LogP contribution in [0.3, 0.4) is 0 Å². The SMILES string of the molecule is C[C@@H](NC(=O)c1cccc(NCc2nnc(-c3ccncn3)n2C)c1)c1cc(OCCCCCCOCCOCCOCCCCCC(=O)Nc2cccc3c2CN(C2CCC(=O)NC2=O)C3=O)ccc1F. The first-order valence-corrected chi connectivity index (χ1v) is 24.6. The second kappa shape index (κ2) is 26.9. The number of fused-ring (bicyclic) bond motifs is 1. The van der Waals surface area contributed by atoms with Crippen LogP contribution in [0.5, 0.6) is 5.75 Å². The third-order valence-corrected chi connectivity index (χ3v) is 12.4. The van der Waals surface area contributed by atoms with Crippen LogP contribution in [0.4, 0.5) is 15.8 Å². The molecule has 0 saturated carbocycles. The molecule has 1 unspecified atom stereocenters. The van der Waals surface area contributed by atoms with Gasteiger partial charge in [0.1, 0.15) is 29.6 Å². The molecule has 0 radical (unpaired) electrons. The van der Waals surface area contributed by atoms with Crippen molar-refractivity contribution in [3.8, 4) is 17.3 Å². The number of hydrogen-bond acceptors (Lipinski definition) is 14. The lowest BCUT2D eigenvalue weighted by atomic mass is 10.0. The molecule has 4 heterocycles. The van der Waals surface area contributed by atoms with Crippen LogP contribution in [0.25, 0.3) is 11.5 Å². The molecular weight excluding hydrogens is 928 g/mol. The van der Waals surface area contributed by atoms with E-state index in [1.807, 2.05) is 17.7 Å². The normalized spacial score (nSPS) is 14.7. The van der Waals surface area contributed by atoms with Gasteiger partial charge < -0.3 is 44.4 Å². The fourth-order valence-electron chi connectivity index (χ4n) is 8.39. The van der Waals surface area contributed by atoms with Gasteiger partial charge in [-0.25, -0.2) is 14.4 Å². The van der Waals surface area contributed by atoms with Gasteiger partial charge in [0.2, 0.25) is 17.7 Å². The highest BCUT2D eigenvalue weighted by Crippen LogP contribution is 2.33. The van der Waals surface area contributed by atoms with Crippen molar-refractivity contribution in [3.05, 3.63) is 113 Å². The van der Waals surface area contributed by atoms with E-state index in [4.69, 9.17) is 18.9 Å². The lowest BCUT2D eigenvalue weighted by molar-refractivity contribution is -0.137. The molecule has 72 heavy (non-hydrogen) atoms. The number of rotatable bonds is 29. The van der Waals surface area contributed by atoms with Crippen LogP contribution in [0.15, 0.2) is 79.3 Å². The van der Waals surface area contributed by atoms with E-state index in [0.717, 1.165) is 38.5 Å². The van der Waals surface area contributed by atoms with Crippen molar-refractivity contribution in [2.45, 2.75) is 96.3 Å². The molecule has 0 spiro atoms. The Balaban J connectivity index is 0.668. The largest absolute Gasteiger partial charge is 0.494 e. The number of nitrogens with zero attached hydrogens (tertiary/aromatic N) is 6. The Labute approximate surface area is 418 Å². The molecule has 5 aromatic rings. The minimum atomic E-state index is -0.712. The number of anilines is 2. The quantitative estimate of drug-likeness (QED) is 0.0298. The highest BCUT2D eigenvalue weighted by atomic mass is 19.1. The smallest absolute Gasteiger partial charge is 0.255 e. The number of aromatic nitrogens is 5. The minimum absolute atomic E-state index is 0.146. The third kappa shape index (κ3) is 14.9. The number of hydrogen-bond donors (Lipinski definition) is 4. The molecule has 1 saturated heterocycles. The molecule has 0 bridgehead atoms. The zero-order valence-corrected chi connectivity index (χ0v) is 40.8. The lowest BCUT2D eigenvalue weighted by Crippen LogP contribution is -2.52. The molecule has 7 rings (SSSR count). The molecule has 5 amide bonds. The van der Waals surface area contributed by atoms with Gasteiger partial charge in [-0.2, -0.15) is 0 Å². The molecule has 0 aliphatic carbocycles. The van der Waals surface area contributed by atoms with Gasteiger partial charge in [-0.3, -0.25) is 29.3 Å². The van der Waals surface area contributed by atoms with Crippen molar-refractivity contribution in [1.82, 2.24) is 40.3 Å². The molecule has 3 aromatic carbocycles. The second-order valence-corrected chi connectivity index (χ2v) is 17.6. The van der Waals surface area contributed by atoms with Crippen LogP contribution in [0, 0.1) is 5.82 Å². The topological polar surface area (TPSA) is 230 Å². The highest BCUT2D eigenvalue weighted by molar-refractivity contribution is 6.06. The molecule has 2 atom stereocenters. The Kier molecular flexibility index (Phi) is 19.7. The van der Waals surface area contributed by atoms with E-state index in [2.05, 4.69) is 41.4 Å². The number of carbonyl (C=O) groups excluding carboxylic acids is 5. The number of benzene rings is 3. The maximum atomic E-state index is 15.0. The van der Waals surface area contributed by atoms with Crippen LogP contribution in [0.1, 0.15) is 115 Å². The van der Waals surface area contributed by atoms with Crippen molar-refractivity contribution >= 4 is 40.9 Å². The number of unbranched alkanes of at least 4 members (excludes halogenated alkanes) is 5. The number of nitrogens with one attached hydrogen (secondary N) is 4. The van der Waals surface area contributed by atoms with E-state index in [0.29, 0.717) is 122 Å². The summed E-state index contributed by atoms with van der Waals surface area (Å²) in [6.07, 6.45) is 9.88. The number of imide groups is 1. The number of piperidine rings is 1. The minimum Gasteiger partial charge on any atom is -0.494 e. The standard InChI is InChI=1S/C52H63FN10O9/c1-35(57-50(66)36-12-10-13-37(30-36)55-32-46-60-61-49(62(46)2)44-21-22-54-34-56-44)40-31-38(17-18-42(40)53)72-25-9-4-3-7-23-69-26-28-71-29-27-70-24-8-5-6-16-47(64)58-43-15-11-14-39-41(43)33-63(52(39)68)45-19-20-48(65)59-51(45)67/h10-15,17-18,21-22,30-31,34-35,45,55H,3-9,16,19-20,23-29,32-33H2,1-2H3,(H,57,66)(H,58,64)(H,59,65,67)/t35-,45?/m1/s1. The first kappa shape index (κ1) is 52.7. The summed E-state index contributed by atoms with van der Waals surface area (Å²) in [5.41, 5.74) is 3.82. The van der Waals surface area contributed by atoms with E-state index in [1.54, 1.807) is 67.7 Å². The molecule has 1 fully saturated rings. The molecule has 2 aromatic heterocycles. The monoisotopic (exact) mass is 990 g/mol. The van der Waals surface area contributed by atoms with Crippen LogP contribution in [-0.2, 0) is 48.7 Å². The Morgan fingerprint density at radius 1 is 0.847 bits per heavy atom. The Morgan fingerprint density at radius 2 is 1.58 bits per heavy atom. The van der Waals surface area contributed by atoms with Gasteiger partial charge in [-0.15, -0.1) is 10.2 Å². The summed E-state index contributed by atoms with van der Waals surface area (Å²) in [5.74, 6) is -0.180. The molecule has 2 aliphatic heterocycles. The maximum Gasteiger partial charge on any atom is 0.255 e. The Bertz CT molecular complexity index is 2630. The van der Waals surface area contributed by atoms with E-state index < -0.39 is 23.8 Å². The van der Waals surface area contributed by atoms with Gasteiger partial charge in [-0.1, -0.05) is 25.0 Å². The van der Waals surface area contributed by atoms with Crippen molar-refractivity contribution < 1.29 is 47.3 Å². The van der Waals surface area contributed by atoms with Gasteiger partial charge in [0, 0.05) is 79.5 Å². The molecule has 4 N–H and O–H groups in total. The molecule has 382 valence electrons. The first-order valence-electron chi connectivity index (χ1n) is 24.6. The number of amides is 5. The summed E-state index contributed by atoms with van der Waals surface area (Å²) in [4.78, 5) is 72.6. The predicted molar refractivity (Wildman–Crippen MR) is 264 cm³/mol. The lowest BCUT2D eigenvalue weighted by Gasteiger charge is -2.29. The van der Waals surface area contributed by atoms with Gasteiger partial charge in [0.15, 0.2) is 11.6 Å². The summed E-state index contributed by atoms with van der Waals surface area (Å²) < 4.78 is 39.7. The second-order valence-electron chi connectivity index (χ2n) is 17.6. The van der Waals surface area contributed by atoms with Crippen molar-refractivity contribution in [3.63, 3.8) is 0 Å². The summed E-state index contributed by atoms with van der Waals surface area (Å²) in [6, 6.07) is 17.2. The van der Waals surface area contributed by atoms with Crippen LogP contribution < -0.4 is 26.0 Å². The molecule has 2 aliphatic rings. The summed E-state index contributed by atoms with van der Waals surface area (Å²) >= 11 is 0. The zero-order chi connectivity index (χ0) is 50.7. The van der Waals surface area contributed by atoms with Gasteiger partial charge in [0.05, 0.1) is 45.6 Å². The molecule has 19 nitrogen and oxygen atoms in total. The van der Waals surface area contributed by atoms with E-state index >= 15 is 0 Å². The fourth-order valence-corrected chi connectivity index (χ4v) is 8.39. The molecular formula is C52H63FN10O9. The van der Waals surface area contributed by atoms with Crippen LogP contribution in [0.2, 0.25) is 0 Å². The highest BCUT2D eigenvalue weighted by Gasteiger charge is 2.40. The number of carbonyl (C=O) groups is 5. The first-order chi connectivity index (χ1) is 35.0. The predicted octanol–water partition coefficient (Wildman–Crippen LogP) is 6.46.